The summed E-state index contributed by atoms with van der Waals surface area (Å²) in [4.78, 5) is 18.9. The van der Waals surface area contributed by atoms with E-state index in [1.54, 1.807) is 11.3 Å². The van der Waals surface area contributed by atoms with Crippen LogP contribution in [0.1, 0.15) is 34.7 Å². The van der Waals surface area contributed by atoms with Crippen LogP contribution in [-0.2, 0) is 23.1 Å². The Morgan fingerprint density at radius 1 is 1.38 bits per heavy atom. The van der Waals surface area contributed by atoms with Gasteiger partial charge in [0.15, 0.2) is 0 Å². The molecule has 0 radical (unpaired) electrons. The Bertz CT molecular complexity index is 762. The van der Waals surface area contributed by atoms with E-state index < -0.39 is 0 Å². The lowest BCUT2D eigenvalue weighted by Crippen LogP contribution is -2.49. The number of likely N-dealkylation sites (tertiary alicyclic amines) is 1. The van der Waals surface area contributed by atoms with Crippen molar-refractivity contribution in [3.63, 3.8) is 0 Å². The van der Waals surface area contributed by atoms with Crippen LogP contribution in [0.4, 0.5) is 0 Å². The molecule has 0 saturated carbocycles. The van der Waals surface area contributed by atoms with Crippen LogP contribution in [0, 0.1) is 6.92 Å². The molecule has 0 bridgehead atoms. The van der Waals surface area contributed by atoms with Crippen LogP contribution in [-0.4, -0.2) is 40.1 Å². The van der Waals surface area contributed by atoms with Crippen LogP contribution in [0.15, 0.2) is 29.6 Å². The van der Waals surface area contributed by atoms with E-state index in [2.05, 4.69) is 23.2 Å². The van der Waals surface area contributed by atoms with E-state index in [4.69, 9.17) is 0 Å². The fourth-order valence-corrected chi connectivity index (χ4v) is 4.89. The highest BCUT2D eigenvalue weighted by molar-refractivity contribution is 7.09. The number of hydrogen-bond donors (Lipinski definition) is 1. The molecule has 1 aliphatic carbocycles. The van der Waals surface area contributed by atoms with Gasteiger partial charge in [0.05, 0.1) is 23.2 Å². The number of nitrogens with zero attached hydrogens (tertiary/aromatic N) is 2. The van der Waals surface area contributed by atoms with Crippen molar-refractivity contribution in [3.8, 4) is 0 Å². The zero-order valence-electron chi connectivity index (χ0n) is 13.9. The molecule has 5 heteroatoms. The lowest BCUT2D eigenvalue weighted by Gasteiger charge is -2.42. The molecule has 2 aromatic rings. The monoisotopic (exact) mass is 342 g/mol. The summed E-state index contributed by atoms with van der Waals surface area (Å²) in [7, 11) is 0. The van der Waals surface area contributed by atoms with Crippen LogP contribution >= 0.6 is 11.3 Å². The van der Waals surface area contributed by atoms with Gasteiger partial charge in [-0.25, -0.2) is 4.98 Å². The summed E-state index contributed by atoms with van der Waals surface area (Å²) < 4.78 is 0. The van der Waals surface area contributed by atoms with Gasteiger partial charge in [0.2, 0.25) is 5.91 Å². The van der Waals surface area contributed by atoms with Crippen molar-refractivity contribution < 1.29 is 9.90 Å². The molecule has 24 heavy (non-hydrogen) atoms. The Hall–Kier alpha value is -1.72. The molecule has 2 heterocycles. The van der Waals surface area contributed by atoms with Gasteiger partial charge in [-0.2, -0.15) is 0 Å². The standard InChI is InChI=1S/C19H22N2O2S/c1-13-20-15(12-24-13)11-18(23)21-8-6-19(7-9-21)16-5-3-2-4-14(16)10-17(19)22/h2-5,12,17,22H,6-11H2,1H3/t17-/m0/s1. The predicted molar refractivity (Wildman–Crippen MR) is 94.2 cm³/mol. The van der Waals surface area contributed by atoms with E-state index in [1.807, 2.05) is 23.3 Å². The molecule has 1 atom stereocenters. The fraction of sp³-hybridized carbons (Fsp3) is 0.474. The van der Waals surface area contributed by atoms with Gasteiger partial charge in [-0.1, -0.05) is 24.3 Å². The molecular formula is C19H22N2O2S. The highest BCUT2D eigenvalue weighted by atomic mass is 32.1. The van der Waals surface area contributed by atoms with Gasteiger partial charge < -0.3 is 10.0 Å². The maximum atomic E-state index is 12.5. The molecule has 1 aromatic heterocycles. The summed E-state index contributed by atoms with van der Waals surface area (Å²) >= 11 is 1.59. The van der Waals surface area contributed by atoms with Crippen molar-refractivity contribution in [2.75, 3.05) is 13.1 Å². The van der Waals surface area contributed by atoms with Crippen molar-refractivity contribution in [2.24, 2.45) is 0 Å². The van der Waals surface area contributed by atoms with Gasteiger partial charge in [-0.3, -0.25) is 4.79 Å². The van der Waals surface area contributed by atoms with E-state index in [1.165, 1.54) is 11.1 Å². The van der Waals surface area contributed by atoms with Crippen molar-refractivity contribution in [1.29, 1.82) is 0 Å². The second kappa shape index (κ2) is 5.97. The molecular weight excluding hydrogens is 320 g/mol. The lowest BCUT2D eigenvalue weighted by molar-refractivity contribution is -0.132. The SMILES string of the molecule is Cc1nc(CC(=O)N2CCC3(CC2)c2ccccc2C[C@@H]3O)cs1. The first-order chi connectivity index (χ1) is 11.6. The number of amides is 1. The Balaban J connectivity index is 1.46. The molecule has 4 nitrogen and oxygen atoms in total. The average Bonchev–Trinajstić information content (AvgIpc) is 3.10. The maximum Gasteiger partial charge on any atom is 0.228 e. The van der Waals surface area contributed by atoms with Gasteiger partial charge in [0.1, 0.15) is 0 Å². The maximum absolute atomic E-state index is 12.5. The minimum atomic E-state index is -0.326. The summed E-state index contributed by atoms with van der Waals surface area (Å²) in [6.07, 6.45) is 2.48. The zero-order valence-corrected chi connectivity index (χ0v) is 14.7. The number of carbonyl (C=O) groups is 1. The van der Waals surface area contributed by atoms with Gasteiger partial charge >= 0.3 is 0 Å². The second-order valence-corrected chi connectivity index (χ2v) is 8.01. The number of aryl methyl sites for hydroxylation is 1. The Morgan fingerprint density at radius 3 is 2.83 bits per heavy atom. The first-order valence-corrected chi connectivity index (χ1v) is 9.42. The Morgan fingerprint density at radius 2 is 2.12 bits per heavy atom. The molecule has 1 saturated heterocycles. The molecule has 2 aliphatic rings. The number of piperidine rings is 1. The number of aromatic nitrogens is 1. The van der Waals surface area contributed by atoms with Crippen LogP contribution in [0.3, 0.4) is 0 Å². The minimum Gasteiger partial charge on any atom is -0.392 e. The summed E-state index contributed by atoms with van der Waals surface area (Å²) in [5, 5.41) is 13.6. The van der Waals surface area contributed by atoms with Crippen molar-refractivity contribution >= 4 is 17.2 Å². The summed E-state index contributed by atoms with van der Waals surface area (Å²) in [6, 6.07) is 8.37. The number of aliphatic hydroxyl groups excluding tert-OH is 1. The van der Waals surface area contributed by atoms with E-state index >= 15 is 0 Å². The van der Waals surface area contributed by atoms with Gasteiger partial charge in [-0.15, -0.1) is 11.3 Å². The summed E-state index contributed by atoms with van der Waals surface area (Å²) in [5.41, 5.74) is 3.27. The first-order valence-electron chi connectivity index (χ1n) is 8.54. The van der Waals surface area contributed by atoms with E-state index in [9.17, 15) is 9.90 Å². The highest BCUT2D eigenvalue weighted by Crippen LogP contribution is 2.46. The average molecular weight is 342 g/mol. The van der Waals surface area contributed by atoms with Gasteiger partial charge in [-0.05, 0) is 37.3 Å². The van der Waals surface area contributed by atoms with Crippen LogP contribution in [0.25, 0.3) is 0 Å². The number of thiazole rings is 1. The normalized spacial score (nSPS) is 21.9. The molecule has 126 valence electrons. The van der Waals surface area contributed by atoms with Crippen molar-refractivity contribution in [2.45, 2.75) is 44.1 Å². The third-order valence-electron chi connectivity index (χ3n) is 5.61. The Labute approximate surface area is 146 Å². The smallest absolute Gasteiger partial charge is 0.228 e. The fourth-order valence-electron chi connectivity index (χ4n) is 4.28. The second-order valence-electron chi connectivity index (χ2n) is 6.95. The Kier molecular flexibility index (Phi) is 3.93. The number of benzene rings is 1. The number of aliphatic hydroxyl groups is 1. The number of carbonyl (C=O) groups excluding carboxylic acids is 1. The van der Waals surface area contributed by atoms with E-state index in [0.29, 0.717) is 19.5 Å². The number of rotatable bonds is 2. The van der Waals surface area contributed by atoms with Crippen molar-refractivity contribution in [3.05, 3.63) is 51.5 Å². The molecule has 1 aliphatic heterocycles. The quantitative estimate of drug-likeness (QED) is 0.912. The highest BCUT2D eigenvalue weighted by Gasteiger charge is 2.47. The molecule has 1 spiro atoms. The number of fused-ring (bicyclic) bond motifs is 2. The molecule has 1 N–H and O–H groups in total. The van der Waals surface area contributed by atoms with Crippen LogP contribution in [0.5, 0.6) is 0 Å². The van der Waals surface area contributed by atoms with Gasteiger partial charge in [0, 0.05) is 23.9 Å². The molecule has 1 fully saturated rings. The van der Waals surface area contributed by atoms with Gasteiger partial charge in [0.25, 0.3) is 0 Å². The molecule has 0 unspecified atom stereocenters. The molecule has 4 rings (SSSR count). The van der Waals surface area contributed by atoms with E-state index in [-0.39, 0.29) is 17.4 Å². The van der Waals surface area contributed by atoms with Crippen LogP contribution < -0.4 is 0 Å². The predicted octanol–water partition coefficient (Wildman–Crippen LogP) is 2.47. The molecule has 1 aromatic carbocycles. The lowest BCUT2D eigenvalue weighted by atomic mass is 9.72. The van der Waals surface area contributed by atoms with Crippen molar-refractivity contribution in [1.82, 2.24) is 9.88 Å². The summed E-state index contributed by atoms with van der Waals surface area (Å²) in [6.45, 7) is 3.39. The topological polar surface area (TPSA) is 53.4 Å². The van der Waals surface area contributed by atoms with Crippen LogP contribution in [0.2, 0.25) is 0 Å². The zero-order chi connectivity index (χ0) is 16.7. The van der Waals surface area contributed by atoms with E-state index in [0.717, 1.165) is 30.0 Å². The largest absolute Gasteiger partial charge is 0.392 e. The molecule has 1 amide bonds. The number of hydrogen-bond acceptors (Lipinski definition) is 4. The summed E-state index contributed by atoms with van der Waals surface area (Å²) in [5.74, 6) is 0.149. The first kappa shape index (κ1) is 15.8. The third kappa shape index (κ3) is 2.56. The minimum absolute atomic E-state index is 0.149. The third-order valence-corrected chi connectivity index (χ3v) is 6.43.